The van der Waals surface area contributed by atoms with Gasteiger partial charge in [0.05, 0.1) is 7.11 Å². The van der Waals surface area contributed by atoms with Crippen molar-refractivity contribution in [1.29, 1.82) is 0 Å². The number of unbranched alkanes of at least 4 members (excludes halogenated alkanes) is 1. The summed E-state index contributed by atoms with van der Waals surface area (Å²) in [7, 11) is 0.118. The van der Waals surface area contributed by atoms with Crippen molar-refractivity contribution >= 4 is 8.32 Å². The Kier molecular flexibility index (Phi) is 5.54. The van der Waals surface area contributed by atoms with Gasteiger partial charge in [0.1, 0.15) is 0 Å². The van der Waals surface area contributed by atoms with Gasteiger partial charge in [-0.2, -0.15) is 0 Å². The van der Waals surface area contributed by atoms with Crippen LogP contribution in [0, 0.1) is 0 Å². The normalized spacial score (nSPS) is 12.5. The van der Waals surface area contributed by atoms with Crippen molar-refractivity contribution in [3.8, 4) is 0 Å². The predicted octanol–water partition coefficient (Wildman–Crippen LogP) is 3.29. The van der Waals surface area contributed by atoms with Crippen LogP contribution < -0.4 is 0 Å². The summed E-state index contributed by atoms with van der Waals surface area (Å²) in [6.07, 6.45) is 5.75. The average Bonchev–Trinajstić information content (AvgIpc) is 2.01. The Morgan fingerprint density at radius 1 is 1.31 bits per heavy atom. The molecular weight excluding hydrogens is 180 g/mol. The molecule has 0 amide bonds. The fraction of sp³-hybridized carbons (Fsp3) is 0.600. The van der Waals surface area contributed by atoms with Crippen molar-refractivity contribution in [2.45, 2.75) is 32.5 Å². The zero-order valence-corrected chi connectivity index (χ0v) is 10.1. The van der Waals surface area contributed by atoms with Gasteiger partial charge in [-0.3, -0.25) is 0 Å². The summed E-state index contributed by atoms with van der Waals surface area (Å²) in [5.41, 5.74) is 0. The molecule has 0 aliphatic rings. The summed E-state index contributed by atoms with van der Waals surface area (Å²) in [6, 6.07) is 0. The third-order valence-electron chi connectivity index (χ3n) is 1.29. The minimum Gasteiger partial charge on any atom is -0.520 e. The highest BCUT2D eigenvalue weighted by Crippen LogP contribution is 2.11. The average molecular weight is 200 g/mol. The van der Waals surface area contributed by atoms with E-state index in [1.54, 1.807) is 7.11 Å². The van der Waals surface area contributed by atoms with Crippen LogP contribution in [0.25, 0.3) is 0 Å². The number of rotatable bonds is 6. The van der Waals surface area contributed by atoms with Crippen LogP contribution in [0.15, 0.2) is 24.7 Å². The first-order valence-electron chi connectivity index (χ1n) is 4.53. The van der Waals surface area contributed by atoms with E-state index in [0.717, 1.165) is 12.8 Å². The zero-order valence-electron chi connectivity index (χ0n) is 9.09. The van der Waals surface area contributed by atoms with E-state index >= 15 is 0 Å². The lowest BCUT2D eigenvalue weighted by Crippen LogP contribution is -2.25. The molecule has 0 fully saturated rings. The molecule has 0 saturated heterocycles. The highest BCUT2D eigenvalue weighted by atomic mass is 28.4. The van der Waals surface area contributed by atoms with Crippen LogP contribution in [0.3, 0.4) is 0 Å². The van der Waals surface area contributed by atoms with Crippen molar-refractivity contribution < 1.29 is 9.16 Å². The minimum absolute atomic E-state index is 0.654. The molecule has 0 unspecified atom stereocenters. The van der Waals surface area contributed by atoms with Crippen molar-refractivity contribution in [2.24, 2.45) is 0 Å². The number of hydrogen-bond donors (Lipinski definition) is 0. The molecule has 0 aromatic rings. The van der Waals surface area contributed by atoms with E-state index in [-0.39, 0.29) is 0 Å². The van der Waals surface area contributed by atoms with Crippen LogP contribution in [-0.4, -0.2) is 15.4 Å². The summed E-state index contributed by atoms with van der Waals surface area (Å²) < 4.78 is 10.8. The molecule has 0 heterocycles. The van der Waals surface area contributed by atoms with Crippen LogP contribution in [0.2, 0.25) is 19.6 Å². The van der Waals surface area contributed by atoms with E-state index in [1.807, 2.05) is 12.2 Å². The summed E-state index contributed by atoms with van der Waals surface area (Å²) in [5.74, 6) is 0.654. The first kappa shape index (κ1) is 12.3. The SMILES string of the molecule is C=CCC/C=C(/OC)O[Si](C)(C)C. The van der Waals surface area contributed by atoms with E-state index in [2.05, 4.69) is 26.2 Å². The second kappa shape index (κ2) is 5.86. The molecule has 0 rings (SSSR count). The number of allylic oxidation sites excluding steroid dienone is 2. The molecule has 76 valence electrons. The fourth-order valence-electron chi connectivity index (χ4n) is 0.787. The van der Waals surface area contributed by atoms with Gasteiger partial charge in [-0.15, -0.1) is 6.58 Å². The topological polar surface area (TPSA) is 18.5 Å². The molecule has 0 aromatic heterocycles. The molecule has 0 saturated carbocycles. The second-order valence-electron chi connectivity index (χ2n) is 3.81. The molecular formula is C10H20O2Si. The lowest BCUT2D eigenvalue weighted by Gasteiger charge is -2.20. The highest BCUT2D eigenvalue weighted by molar-refractivity contribution is 6.69. The van der Waals surface area contributed by atoms with Crippen LogP contribution in [-0.2, 0) is 9.16 Å². The Morgan fingerprint density at radius 3 is 2.31 bits per heavy atom. The van der Waals surface area contributed by atoms with Gasteiger partial charge < -0.3 is 9.16 Å². The smallest absolute Gasteiger partial charge is 0.260 e. The molecule has 2 nitrogen and oxygen atoms in total. The third-order valence-corrected chi connectivity index (χ3v) is 2.10. The molecule has 0 atom stereocenters. The van der Waals surface area contributed by atoms with Crippen molar-refractivity contribution in [3.05, 3.63) is 24.7 Å². The van der Waals surface area contributed by atoms with Gasteiger partial charge in [-0.1, -0.05) is 6.08 Å². The first-order valence-corrected chi connectivity index (χ1v) is 7.94. The van der Waals surface area contributed by atoms with Crippen molar-refractivity contribution in [2.75, 3.05) is 7.11 Å². The molecule has 0 spiro atoms. The monoisotopic (exact) mass is 200 g/mol. The number of ether oxygens (including phenoxy) is 1. The van der Waals surface area contributed by atoms with Gasteiger partial charge in [-0.05, 0) is 38.6 Å². The molecule has 0 aliphatic heterocycles. The fourth-order valence-corrected chi connectivity index (χ4v) is 1.56. The maximum atomic E-state index is 5.68. The minimum atomic E-state index is -1.52. The van der Waals surface area contributed by atoms with Crippen molar-refractivity contribution in [3.63, 3.8) is 0 Å². The van der Waals surface area contributed by atoms with E-state index in [4.69, 9.17) is 9.16 Å². The molecule has 0 aliphatic carbocycles. The highest BCUT2D eigenvalue weighted by Gasteiger charge is 2.17. The van der Waals surface area contributed by atoms with Gasteiger partial charge in [0.2, 0.25) is 8.32 Å². The van der Waals surface area contributed by atoms with Gasteiger partial charge in [-0.25, -0.2) is 0 Å². The summed E-state index contributed by atoms with van der Waals surface area (Å²) in [5, 5.41) is 0. The van der Waals surface area contributed by atoms with Gasteiger partial charge in [0.15, 0.2) is 0 Å². The Bertz CT molecular complexity index is 180. The van der Waals surface area contributed by atoms with Crippen molar-refractivity contribution in [1.82, 2.24) is 0 Å². The van der Waals surface area contributed by atoms with Crippen LogP contribution in [0.4, 0.5) is 0 Å². The standard InChI is InChI=1S/C10H20O2Si/c1-6-7-8-9-10(11-2)12-13(3,4)5/h6,9H,1,7-8H2,2-5H3/b10-9-. The Hall–Kier alpha value is -0.703. The first-order chi connectivity index (χ1) is 5.99. The number of hydrogen-bond acceptors (Lipinski definition) is 2. The van der Waals surface area contributed by atoms with Crippen LogP contribution in [0.1, 0.15) is 12.8 Å². The zero-order chi connectivity index (χ0) is 10.3. The molecule has 0 radical (unpaired) electrons. The maximum Gasteiger partial charge on any atom is 0.260 e. The Labute approximate surface area is 82.4 Å². The molecule has 13 heavy (non-hydrogen) atoms. The summed E-state index contributed by atoms with van der Waals surface area (Å²) in [6.45, 7) is 10.1. The van der Waals surface area contributed by atoms with E-state index in [0.29, 0.717) is 5.95 Å². The second-order valence-corrected chi connectivity index (χ2v) is 8.24. The lowest BCUT2D eigenvalue weighted by molar-refractivity contribution is 0.145. The van der Waals surface area contributed by atoms with E-state index in [9.17, 15) is 0 Å². The largest absolute Gasteiger partial charge is 0.520 e. The van der Waals surface area contributed by atoms with Gasteiger partial charge in [0, 0.05) is 0 Å². The molecule has 0 aromatic carbocycles. The number of methoxy groups -OCH3 is 1. The Balaban J connectivity index is 4.01. The maximum absolute atomic E-state index is 5.68. The molecule has 0 bridgehead atoms. The molecule has 3 heteroatoms. The molecule has 0 N–H and O–H groups in total. The Morgan fingerprint density at radius 2 is 1.92 bits per heavy atom. The summed E-state index contributed by atoms with van der Waals surface area (Å²) >= 11 is 0. The van der Waals surface area contributed by atoms with E-state index in [1.165, 1.54) is 0 Å². The van der Waals surface area contributed by atoms with Gasteiger partial charge in [0.25, 0.3) is 5.95 Å². The quantitative estimate of drug-likeness (QED) is 0.283. The lowest BCUT2D eigenvalue weighted by atomic mass is 10.3. The predicted molar refractivity (Wildman–Crippen MR) is 59.0 cm³/mol. The van der Waals surface area contributed by atoms with E-state index < -0.39 is 8.32 Å². The third kappa shape index (κ3) is 7.65. The summed E-state index contributed by atoms with van der Waals surface area (Å²) in [4.78, 5) is 0. The van der Waals surface area contributed by atoms with Crippen LogP contribution >= 0.6 is 0 Å². The van der Waals surface area contributed by atoms with Gasteiger partial charge >= 0.3 is 0 Å². The van der Waals surface area contributed by atoms with Crippen LogP contribution in [0.5, 0.6) is 0 Å².